The second-order valence-electron chi connectivity index (χ2n) is 4.26. The first-order chi connectivity index (χ1) is 10.4. The fraction of sp³-hybridized carbons (Fsp3) is 0.0769. The minimum Gasteiger partial charge on any atom is -0.225 e. The molecular weight excluding hydrogens is 319 g/mol. The number of nitrogens with zero attached hydrogens (tertiary/aromatic N) is 5. The molecule has 110 valence electrons. The summed E-state index contributed by atoms with van der Waals surface area (Å²) in [5.74, 6) is -0.103. The van der Waals surface area contributed by atoms with Gasteiger partial charge in [-0.25, -0.2) is 9.67 Å². The third-order valence-corrected chi connectivity index (χ3v) is 3.10. The van der Waals surface area contributed by atoms with Crippen LogP contribution in [0.25, 0.3) is 16.7 Å². The van der Waals surface area contributed by atoms with Crippen molar-refractivity contribution in [3.63, 3.8) is 0 Å². The Bertz CT molecular complexity index is 910. The minimum absolute atomic E-state index is 0.0358. The van der Waals surface area contributed by atoms with E-state index < -0.39 is 11.9 Å². The van der Waals surface area contributed by atoms with Gasteiger partial charge in [-0.3, -0.25) is 0 Å². The van der Waals surface area contributed by atoms with Crippen LogP contribution in [0.1, 0.15) is 11.3 Å². The van der Waals surface area contributed by atoms with Crippen LogP contribution in [-0.2, 0) is 6.18 Å². The van der Waals surface area contributed by atoms with Crippen molar-refractivity contribution in [1.29, 1.82) is 5.26 Å². The van der Waals surface area contributed by atoms with Crippen LogP contribution in [-0.4, -0.2) is 19.7 Å². The van der Waals surface area contributed by atoms with E-state index in [1.54, 1.807) is 6.07 Å². The summed E-state index contributed by atoms with van der Waals surface area (Å²) in [6, 6.07) is 7.60. The molecule has 0 aliphatic rings. The molecule has 0 amide bonds. The Kier molecular flexibility index (Phi) is 3.22. The third-order valence-electron chi connectivity index (χ3n) is 2.92. The van der Waals surface area contributed by atoms with Gasteiger partial charge in [-0.1, -0.05) is 18.2 Å². The predicted molar refractivity (Wildman–Crippen MR) is 71.4 cm³/mol. The zero-order chi connectivity index (χ0) is 15.9. The predicted octanol–water partition coefficient (Wildman–Crippen LogP) is 3.36. The van der Waals surface area contributed by atoms with E-state index in [-0.39, 0.29) is 27.6 Å². The highest BCUT2D eigenvalue weighted by Crippen LogP contribution is 2.35. The molecule has 1 aromatic carbocycles. The van der Waals surface area contributed by atoms with Crippen LogP contribution < -0.4 is 0 Å². The Morgan fingerprint density at radius 1 is 1.23 bits per heavy atom. The van der Waals surface area contributed by atoms with E-state index in [4.69, 9.17) is 16.9 Å². The van der Waals surface area contributed by atoms with E-state index in [9.17, 15) is 13.2 Å². The molecule has 3 rings (SSSR count). The van der Waals surface area contributed by atoms with Gasteiger partial charge in [0, 0.05) is 5.39 Å². The zero-order valence-electron chi connectivity index (χ0n) is 10.6. The number of aromatic nitrogens is 4. The first-order valence-electron chi connectivity index (χ1n) is 5.90. The van der Waals surface area contributed by atoms with Gasteiger partial charge in [0.25, 0.3) is 0 Å². The van der Waals surface area contributed by atoms with Crippen LogP contribution in [0.5, 0.6) is 0 Å². The first-order valence-corrected chi connectivity index (χ1v) is 6.27. The largest absolute Gasteiger partial charge is 0.435 e. The van der Waals surface area contributed by atoms with Gasteiger partial charge >= 0.3 is 6.18 Å². The van der Waals surface area contributed by atoms with E-state index in [0.29, 0.717) is 0 Å². The molecule has 0 radical (unpaired) electrons. The molecule has 0 N–H and O–H groups in total. The van der Waals surface area contributed by atoms with Gasteiger partial charge < -0.3 is 0 Å². The molecule has 2 heterocycles. The van der Waals surface area contributed by atoms with Crippen molar-refractivity contribution < 1.29 is 13.2 Å². The highest BCUT2D eigenvalue weighted by Gasteiger charge is 2.37. The Morgan fingerprint density at radius 3 is 2.64 bits per heavy atom. The van der Waals surface area contributed by atoms with Crippen LogP contribution in [0.4, 0.5) is 13.2 Å². The van der Waals surface area contributed by atoms with Gasteiger partial charge in [0.15, 0.2) is 11.5 Å². The molecule has 0 unspecified atom stereocenters. The number of nitriles is 1. The van der Waals surface area contributed by atoms with Crippen LogP contribution in [0.3, 0.4) is 0 Å². The number of para-hydroxylation sites is 1. The van der Waals surface area contributed by atoms with Gasteiger partial charge in [-0.2, -0.15) is 28.5 Å². The standard InChI is InChI=1S/C13H5ClF3N5/c14-12-19-6-7(5-18)11(20-12)22-9-4-2-1-3-8(9)10(21-22)13(15,16)17/h1-4,6H. The number of rotatable bonds is 1. The van der Waals surface area contributed by atoms with Crippen LogP contribution in [0.2, 0.25) is 5.28 Å². The monoisotopic (exact) mass is 323 g/mol. The molecule has 0 saturated heterocycles. The summed E-state index contributed by atoms with van der Waals surface area (Å²) in [5, 5.41) is 12.4. The molecule has 0 aliphatic carbocycles. The maximum Gasteiger partial charge on any atom is 0.435 e. The molecule has 0 saturated carbocycles. The first kappa shape index (κ1) is 14.3. The molecule has 0 bridgehead atoms. The fourth-order valence-corrected chi connectivity index (χ4v) is 2.16. The molecule has 22 heavy (non-hydrogen) atoms. The number of halogens is 4. The Labute approximate surface area is 126 Å². The Morgan fingerprint density at radius 2 is 1.95 bits per heavy atom. The summed E-state index contributed by atoms with van der Waals surface area (Å²) in [6.45, 7) is 0. The number of fused-ring (bicyclic) bond motifs is 1. The lowest BCUT2D eigenvalue weighted by Crippen LogP contribution is -2.09. The zero-order valence-corrected chi connectivity index (χ0v) is 11.4. The highest BCUT2D eigenvalue weighted by atomic mass is 35.5. The van der Waals surface area contributed by atoms with Gasteiger partial charge in [-0.15, -0.1) is 0 Å². The van der Waals surface area contributed by atoms with Crippen LogP contribution >= 0.6 is 11.6 Å². The quantitative estimate of drug-likeness (QED) is 0.644. The second-order valence-corrected chi connectivity index (χ2v) is 4.60. The number of hydrogen-bond acceptors (Lipinski definition) is 4. The smallest absolute Gasteiger partial charge is 0.225 e. The number of alkyl halides is 3. The number of benzene rings is 1. The summed E-state index contributed by atoms with van der Waals surface area (Å²) >= 11 is 5.68. The van der Waals surface area contributed by atoms with Gasteiger partial charge in [-0.05, 0) is 17.7 Å². The average molecular weight is 324 g/mol. The third kappa shape index (κ3) is 2.25. The topological polar surface area (TPSA) is 67.4 Å². The lowest BCUT2D eigenvalue weighted by molar-refractivity contribution is -0.140. The minimum atomic E-state index is -4.63. The van der Waals surface area contributed by atoms with Crippen LogP contribution in [0.15, 0.2) is 30.5 Å². The van der Waals surface area contributed by atoms with Crippen molar-refractivity contribution in [2.75, 3.05) is 0 Å². The SMILES string of the molecule is N#Cc1cnc(Cl)nc1-n1nc(C(F)(F)F)c2ccccc21. The molecule has 9 heteroatoms. The van der Waals surface area contributed by atoms with Crippen molar-refractivity contribution in [3.05, 3.63) is 47.0 Å². The van der Waals surface area contributed by atoms with E-state index in [1.807, 2.05) is 6.07 Å². The highest BCUT2D eigenvalue weighted by molar-refractivity contribution is 6.28. The van der Waals surface area contributed by atoms with Gasteiger partial charge in [0.05, 0.1) is 11.7 Å². The summed E-state index contributed by atoms with van der Waals surface area (Å²) in [5.41, 5.74) is -0.922. The van der Waals surface area contributed by atoms with Crippen LogP contribution in [0, 0.1) is 11.3 Å². The summed E-state index contributed by atoms with van der Waals surface area (Å²) < 4.78 is 40.3. The van der Waals surface area contributed by atoms with Crippen molar-refractivity contribution >= 4 is 22.5 Å². The molecule has 0 fully saturated rings. The molecule has 5 nitrogen and oxygen atoms in total. The van der Waals surface area contributed by atoms with Crippen molar-refractivity contribution in [2.24, 2.45) is 0 Å². The molecular formula is C13H5ClF3N5. The normalized spacial score (nSPS) is 11.6. The second kappa shape index (κ2) is 4.96. The van der Waals surface area contributed by atoms with Crippen molar-refractivity contribution in [2.45, 2.75) is 6.18 Å². The molecule has 0 atom stereocenters. The maximum atomic E-state index is 13.1. The van der Waals surface area contributed by atoms with E-state index >= 15 is 0 Å². The van der Waals surface area contributed by atoms with Gasteiger partial charge in [0.2, 0.25) is 5.28 Å². The van der Waals surface area contributed by atoms with Crippen molar-refractivity contribution in [3.8, 4) is 11.9 Å². The Balaban J connectivity index is 2.39. The lowest BCUT2D eigenvalue weighted by atomic mass is 10.2. The molecule has 2 aromatic heterocycles. The molecule has 0 spiro atoms. The number of hydrogen-bond donors (Lipinski definition) is 0. The van der Waals surface area contributed by atoms with Gasteiger partial charge in [0.1, 0.15) is 11.6 Å². The fourth-order valence-electron chi connectivity index (χ4n) is 2.03. The average Bonchev–Trinajstić information content (AvgIpc) is 2.86. The maximum absolute atomic E-state index is 13.1. The summed E-state index contributed by atoms with van der Waals surface area (Å²) in [6.07, 6.45) is -3.50. The lowest BCUT2D eigenvalue weighted by Gasteiger charge is -2.04. The van der Waals surface area contributed by atoms with E-state index in [2.05, 4.69) is 15.1 Å². The molecule has 3 aromatic rings. The Hall–Kier alpha value is -2.66. The van der Waals surface area contributed by atoms with E-state index in [1.165, 1.54) is 18.2 Å². The summed E-state index contributed by atoms with van der Waals surface area (Å²) in [4.78, 5) is 7.46. The van der Waals surface area contributed by atoms with Crippen molar-refractivity contribution in [1.82, 2.24) is 19.7 Å². The van der Waals surface area contributed by atoms with E-state index in [0.717, 1.165) is 10.9 Å². The molecule has 0 aliphatic heterocycles. The summed E-state index contributed by atoms with van der Waals surface area (Å²) in [7, 11) is 0.